The van der Waals surface area contributed by atoms with Crippen LogP contribution < -0.4 is 4.72 Å². The van der Waals surface area contributed by atoms with E-state index in [0.29, 0.717) is 0 Å². The number of rotatable bonds is 0. The maximum atomic E-state index is 5.24. The molecule has 2 rings (SSSR count). The minimum Gasteiger partial charge on any atom is -0.316 e. The Balaban J connectivity index is 2.34. The molecule has 0 radical (unpaired) electrons. The van der Waals surface area contributed by atoms with Crippen molar-refractivity contribution in [1.29, 1.82) is 0 Å². The molecular weight excluding hydrogens is 156 g/mol. The van der Waals surface area contributed by atoms with Crippen LogP contribution >= 0.6 is 12.1 Å². The van der Waals surface area contributed by atoms with E-state index in [-0.39, 0.29) is 0 Å². The average Bonchev–Trinajstić information content (AvgIpc) is 2.50. The van der Waals surface area contributed by atoms with Crippen molar-refractivity contribution in [2.75, 3.05) is 0 Å². The molecule has 0 aromatic carbocycles. The van der Waals surface area contributed by atoms with Gasteiger partial charge in [0.2, 0.25) is 0 Å². The van der Waals surface area contributed by atoms with Gasteiger partial charge >= 0.3 is 0 Å². The first-order valence-electron chi connectivity index (χ1n) is 3.18. The Morgan fingerprint density at radius 2 is 2.55 bits per heavy atom. The van der Waals surface area contributed by atoms with Crippen LogP contribution in [-0.4, -0.2) is 4.31 Å². The zero-order valence-electron chi connectivity index (χ0n) is 5.74. The number of allylic oxidation sites excluding steroid dienone is 3. The lowest BCUT2D eigenvalue weighted by Crippen LogP contribution is -2.05. The Bertz CT molecular complexity index is 307. The maximum Gasteiger partial charge on any atom is 0.0726 e. The molecular formula is C8H6N2S. The van der Waals surface area contributed by atoms with Gasteiger partial charge in [0.05, 0.1) is 17.8 Å². The maximum absolute atomic E-state index is 5.24. The van der Waals surface area contributed by atoms with Crippen molar-refractivity contribution in [2.45, 2.75) is 0 Å². The minimum absolute atomic E-state index is 0.914. The van der Waals surface area contributed by atoms with Gasteiger partial charge in [0.25, 0.3) is 0 Å². The smallest absolute Gasteiger partial charge is 0.0726 e. The van der Waals surface area contributed by atoms with Crippen LogP contribution in [0.5, 0.6) is 0 Å². The molecule has 0 aromatic rings. The van der Waals surface area contributed by atoms with Gasteiger partial charge in [-0.25, -0.2) is 0 Å². The topological polar surface area (TPSA) is 15.3 Å². The first-order chi connectivity index (χ1) is 5.40. The second-order valence-electron chi connectivity index (χ2n) is 2.16. The van der Waals surface area contributed by atoms with Gasteiger partial charge in [-0.05, 0) is 12.2 Å². The van der Waals surface area contributed by atoms with E-state index in [2.05, 4.69) is 10.6 Å². The van der Waals surface area contributed by atoms with Gasteiger partial charge in [-0.2, -0.15) is 0 Å². The van der Waals surface area contributed by atoms with Gasteiger partial charge in [0, 0.05) is 18.0 Å². The van der Waals surface area contributed by atoms with E-state index >= 15 is 0 Å². The molecule has 0 aromatic heterocycles. The Morgan fingerprint density at radius 3 is 3.36 bits per heavy atom. The van der Waals surface area contributed by atoms with Crippen molar-refractivity contribution in [2.24, 2.45) is 0 Å². The van der Waals surface area contributed by atoms with Gasteiger partial charge in [0.1, 0.15) is 0 Å². The summed E-state index contributed by atoms with van der Waals surface area (Å²) in [5.41, 5.74) is 2.02. The third kappa shape index (κ3) is 1.02. The van der Waals surface area contributed by atoms with Gasteiger partial charge < -0.3 is 4.72 Å². The molecule has 2 nitrogen and oxygen atoms in total. The normalized spacial score (nSPS) is 19.7. The molecule has 0 spiro atoms. The second kappa shape index (κ2) is 2.40. The summed E-state index contributed by atoms with van der Waals surface area (Å²) in [7, 11) is 0. The van der Waals surface area contributed by atoms with Crippen molar-refractivity contribution < 1.29 is 0 Å². The summed E-state index contributed by atoms with van der Waals surface area (Å²) in [6, 6.07) is 0. The zero-order valence-corrected chi connectivity index (χ0v) is 6.56. The van der Waals surface area contributed by atoms with Crippen LogP contribution in [0.2, 0.25) is 0 Å². The van der Waals surface area contributed by atoms with E-state index in [1.54, 1.807) is 0 Å². The quantitative estimate of drug-likeness (QED) is 0.428. The SMILES string of the molecule is C#CC1=CC2=CNSN2C=C1. The van der Waals surface area contributed by atoms with Crippen molar-refractivity contribution in [3.63, 3.8) is 0 Å². The highest BCUT2D eigenvalue weighted by molar-refractivity contribution is 7.95. The molecule has 0 saturated heterocycles. The van der Waals surface area contributed by atoms with Crippen molar-refractivity contribution in [1.82, 2.24) is 9.03 Å². The van der Waals surface area contributed by atoms with Gasteiger partial charge in [-0.3, -0.25) is 4.31 Å². The molecule has 11 heavy (non-hydrogen) atoms. The average molecular weight is 162 g/mol. The van der Waals surface area contributed by atoms with Crippen LogP contribution in [-0.2, 0) is 0 Å². The summed E-state index contributed by atoms with van der Waals surface area (Å²) in [5, 5.41) is 0. The van der Waals surface area contributed by atoms with Crippen LogP contribution in [0.3, 0.4) is 0 Å². The summed E-state index contributed by atoms with van der Waals surface area (Å²) in [5.74, 6) is 2.59. The zero-order chi connectivity index (χ0) is 7.68. The highest BCUT2D eigenvalue weighted by Gasteiger charge is 2.14. The number of nitrogens with zero attached hydrogens (tertiary/aromatic N) is 1. The molecule has 1 N–H and O–H groups in total. The van der Waals surface area contributed by atoms with Gasteiger partial charge in [-0.1, -0.05) is 5.92 Å². The van der Waals surface area contributed by atoms with Gasteiger partial charge in [-0.15, -0.1) is 6.42 Å². The molecule has 2 aliphatic heterocycles. The van der Waals surface area contributed by atoms with Crippen molar-refractivity contribution in [3.05, 3.63) is 35.8 Å². The fourth-order valence-electron chi connectivity index (χ4n) is 0.927. The van der Waals surface area contributed by atoms with E-state index in [9.17, 15) is 0 Å². The monoisotopic (exact) mass is 162 g/mol. The van der Waals surface area contributed by atoms with E-state index in [1.807, 2.05) is 28.9 Å². The van der Waals surface area contributed by atoms with E-state index in [0.717, 1.165) is 11.3 Å². The lowest BCUT2D eigenvalue weighted by molar-refractivity contribution is 0.804. The molecule has 3 heteroatoms. The first kappa shape index (κ1) is 6.44. The van der Waals surface area contributed by atoms with Gasteiger partial charge in [0.15, 0.2) is 0 Å². The molecule has 0 unspecified atom stereocenters. The molecule has 0 fully saturated rings. The standard InChI is InChI=1S/C8H6N2S/c1-2-7-3-4-10-8(5-7)6-9-11-10/h1,3-6,9H. The number of hydrogen-bond acceptors (Lipinski definition) is 3. The second-order valence-corrected chi connectivity index (χ2v) is 2.98. The van der Waals surface area contributed by atoms with Crippen molar-refractivity contribution in [3.8, 4) is 12.3 Å². The molecule has 0 saturated carbocycles. The molecule has 0 atom stereocenters. The summed E-state index contributed by atoms with van der Waals surface area (Å²) in [4.78, 5) is 0. The van der Waals surface area contributed by atoms with E-state index < -0.39 is 0 Å². The Morgan fingerprint density at radius 1 is 1.64 bits per heavy atom. The van der Waals surface area contributed by atoms with Crippen LogP contribution in [0.25, 0.3) is 0 Å². The van der Waals surface area contributed by atoms with Crippen LogP contribution in [0.1, 0.15) is 0 Å². The highest BCUT2D eigenvalue weighted by atomic mass is 32.2. The summed E-state index contributed by atoms with van der Waals surface area (Å²) < 4.78 is 5.04. The summed E-state index contributed by atoms with van der Waals surface area (Å²) >= 11 is 1.53. The third-order valence-electron chi connectivity index (χ3n) is 1.47. The van der Waals surface area contributed by atoms with Crippen LogP contribution in [0, 0.1) is 12.3 Å². The number of terminal acetylenes is 1. The van der Waals surface area contributed by atoms with E-state index in [4.69, 9.17) is 6.42 Å². The Hall–Kier alpha value is -1.27. The van der Waals surface area contributed by atoms with E-state index in [1.165, 1.54) is 12.1 Å². The lowest BCUT2D eigenvalue weighted by Gasteiger charge is -2.14. The minimum atomic E-state index is 0.914. The molecule has 2 heterocycles. The Labute approximate surface area is 69.9 Å². The molecule has 0 amide bonds. The fraction of sp³-hybridized carbons (Fsp3) is 0. The highest BCUT2D eigenvalue weighted by Crippen LogP contribution is 2.26. The first-order valence-corrected chi connectivity index (χ1v) is 3.96. The van der Waals surface area contributed by atoms with Crippen LogP contribution in [0.15, 0.2) is 35.8 Å². The molecule has 54 valence electrons. The third-order valence-corrected chi connectivity index (χ3v) is 2.22. The summed E-state index contributed by atoms with van der Waals surface area (Å²) in [6.45, 7) is 0. The number of fused-ring (bicyclic) bond motifs is 1. The fourth-order valence-corrected chi connectivity index (χ4v) is 1.55. The summed E-state index contributed by atoms with van der Waals surface area (Å²) in [6.07, 6.45) is 13.0. The number of nitrogens with one attached hydrogen (secondary N) is 1. The lowest BCUT2D eigenvalue weighted by atomic mass is 10.2. The predicted octanol–water partition coefficient (Wildman–Crippen LogP) is 1.38. The Kier molecular flexibility index (Phi) is 1.41. The molecule has 0 bridgehead atoms. The molecule has 2 aliphatic rings. The van der Waals surface area contributed by atoms with Crippen molar-refractivity contribution >= 4 is 12.1 Å². The molecule has 0 aliphatic carbocycles. The van der Waals surface area contributed by atoms with Crippen LogP contribution in [0.4, 0.5) is 0 Å². The predicted molar refractivity (Wildman–Crippen MR) is 46.7 cm³/mol. The number of hydrogen-bond donors (Lipinski definition) is 1. The largest absolute Gasteiger partial charge is 0.316 e.